The Morgan fingerprint density at radius 1 is 1.80 bits per heavy atom. The zero-order chi connectivity index (χ0) is 11.4. The highest BCUT2D eigenvalue weighted by Gasteiger charge is 2.17. The fourth-order valence-corrected chi connectivity index (χ4v) is 2.47. The molecule has 1 N–H and O–H groups in total. The van der Waals surface area contributed by atoms with Crippen LogP contribution in [0.25, 0.3) is 0 Å². The fourth-order valence-electron chi connectivity index (χ4n) is 1.14. The molecule has 0 aliphatic rings. The molecule has 1 rings (SSSR count). The van der Waals surface area contributed by atoms with E-state index < -0.39 is 5.97 Å². The van der Waals surface area contributed by atoms with Gasteiger partial charge in [-0.3, -0.25) is 4.79 Å². The van der Waals surface area contributed by atoms with E-state index in [1.165, 1.54) is 11.3 Å². The first-order chi connectivity index (χ1) is 7.04. The molecule has 15 heavy (non-hydrogen) atoms. The van der Waals surface area contributed by atoms with Crippen LogP contribution >= 0.6 is 27.3 Å². The predicted molar refractivity (Wildman–Crippen MR) is 64.5 cm³/mol. The van der Waals surface area contributed by atoms with Gasteiger partial charge in [0, 0.05) is 18.5 Å². The van der Waals surface area contributed by atoms with E-state index in [2.05, 4.69) is 20.9 Å². The summed E-state index contributed by atoms with van der Waals surface area (Å²) in [4.78, 5) is 17.0. The van der Waals surface area contributed by atoms with Crippen molar-refractivity contribution >= 4 is 38.4 Å². The van der Waals surface area contributed by atoms with E-state index in [1.807, 2.05) is 17.2 Å². The minimum atomic E-state index is -0.774. The summed E-state index contributed by atoms with van der Waals surface area (Å²) >= 11 is 4.79. The molecule has 0 bridgehead atoms. The molecular formula is C9H13BrN2O2S. The van der Waals surface area contributed by atoms with E-state index >= 15 is 0 Å². The summed E-state index contributed by atoms with van der Waals surface area (Å²) in [5.74, 6) is -1.16. The van der Waals surface area contributed by atoms with Crippen molar-refractivity contribution in [3.8, 4) is 0 Å². The van der Waals surface area contributed by atoms with Gasteiger partial charge < -0.3 is 10.0 Å². The Kier molecular flexibility index (Phi) is 4.53. The molecule has 0 aliphatic heterocycles. The number of carbonyl (C=O) groups is 1. The van der Waals surface area contributed by atoms with Gasteiger partial charge in [-0.25, -0.2) is 4.98 Å². The lowest BCUT2D eigenvalue weighted by Gasteiger charge is -2.21. The number of hydrogen-bond donors (Lipinski definition) is 1. The van der Waals surface area contributed by atoms with Crippen LogP contribution < -0.4 is 4.90 Å². The summed E-state index contributed by atoms with van der Waals surface area (Å²) in [5, 5.41) is 11.6. The second kappa shape index (κ2) is 5.46. The molecule has 0 spiro atoms. The molecule has 1 atom stereocenters. The average molecular weight is 293 g/mol. The molecule has 1 aromatic rings. The third-order valence-corrected chi connectivity index (χ3v) is 3.64. The van der Waals surface area contributed by atoms with Crippen LogP contribution in [0.1, 0.15) is 13.8 Å². The van der Waals surface area contributed by atoms with Crippen LogP contribution in [0, 0.1) is 5.92 Å². The number of carboxylic acid groups (broad SMARTS) is 1. The highest BCUT2D eigenvalue weighted by Crippen LogP contribution is 2.24. The van der Waals surface area contributed by atoms with Crippen molar-refractivity contribution in [3.05, 3.63) is 9.98 Å². The van der Waals surface area contributed by atoms with Gasteiger partial charge in [-0.2, -0.15) is 0 Å². The summed E-state index contributed by atoms with van der Waals surface area (Å²) in [6.45, 7) is 4.95. The van der Waals surface area contributed by atoms with Crippen LogP contribution in [0.15, 0.2) is 9.98 Å². The van der Waals surface area contributed by atoms with Gasteiger partial charge in [0.2, 0.25) is 0 Å². The molecule has 84 valence electrons. The maximum atomic E-state index is 10.7. The van der Waals surface area contributed by atoms with Crippen LogP contribution in [0.4, 0.5) is 5.13 Å². The Labute approximate surface area is 101 Å². The molecule has 0 saturated carbocycles. The molecule has 0 aromatic carbocycles. The third-order valence-electron chi connectivity index (χ3n) is 2.03. The second-order valence-electron chi connectivity index (χ2n) is 3.23. The number of anilines is 1. The maximum absolute atomic E-state index is 10.7. The SMILES string of the molecule is CCN(CC(C)C(=O)O)c1nc(Br)cs1. The maximum Gasteiger partial charge on any atom is 0.308 e. The summed E-state index contributed by atoms with van der Waals surface area (Å²) in [7, 11) is 0. The van der Waals surface area contributed by atoms with Crippen LogP contribution in [0.5, 0.6) is 0 Å². The number of thiazole rings is 1. The van der Waals surface area contributed by atoms with E-state index in [9.17, 15) is 4.79 Å². The summed E-state index contributed by atoms with van der Waals surface area (Å²) in [6.07, 6.45) is 0. The first-order valence-corrected chi connectivity index (χ1v) is 6.30. The van der Waals surface area contributed by atoms with Crippen LogP contribution in [0.3, 0.4) is 0 Å². The van der Waals surface area contributed by atoms with Gasteiger partial charge in [0.05, 0.1) is 5.92 Å². The minimum absolute atomic E-state index is 0.382. The molecule has 0 aliphatic carbocycles. The lowest BCUT2D eigenvalue weighted by atomic mass is 10.2. The molecule has 1 aromatic heterocycles. The predicted octanol–water partition coefficient (Wildman–Crippen LogP) is 2.45. The number of halogens is 1. The zero-order valence-corrected chi connectivity index (χ0v) is 11.0. The van der Waals surface area contributed by atoms with Gasteiger partial charge in [-0.15, -0.1) is 11.3 Å². The van der Waals surface area contributed by atoms with Crippen molar-refractivity contribution < 1.29 is 9.90 Å². The summed E-state index contributed by atoms with van der Waals surface area (Å²) in [5.41, 5.74) is 0. The van der Waals surface area contributed by atoms with Crippen molar-refractivity contribution in [3.63, 3.8) is 0 Å². The van der Waals surface area contributed by atoms with Gasteiger partial charge in [0.15, 0.2) is 5.13 Å². The number of aliphatic carboxylic acids is 1. The minimum Gasteiger partial charge on any atom is -0.481 e. The van der Waals surface area contributed by atoms with Gasteiger partial charge >= 0.3 is 5.97 Å². The first-order valence-electron chi connectivity index (χ1n) is 4.63. The van der Waals surface area contributed by atoms with Crippen molar-refractivity contribution in [2.45, 2.75) is 13.8 Å². The number of carboxylic acids is 1. The lowest BCUT2D eigenvalue weighted by molar-refractivity contribution is -0.140. The molecule has 1 heterocycles. The summed E-state index contributed by atoms with van der Waals surface area (Å²) < 4.78 is 0.795. The molecule has 1 unspecified atom stereocenters. The standard InChI is InChI=1S/C9H13BrN2O2S/c1-3-12(4-6(2)8(13)14)9-11-7(10)5-15-9/h5-6H,3-4H2,1-2H3,(H,13,14). The van der Waals surface area contributed by atoms with E-state index in [1.54, 1.807) is 6.92 Å². The van der Waals surface area contributed by atoms with Gasteiger partial charge in [0.1, 0.15) is 4.60 Å². The lowest BCUT2D eigenvalue weighted by Crippen LogP contribution is -2.31. The Morgan fingerprint density at radius 2 is 2.47 bits per heavy atom. The second-order valence-corrected chi connectivity index (χ2v) is 4.88. The van der Waals surface area contributed by atoms with E-state index in [-0.39, 0.29) is 5.92 Å². The van der Waals surface area contributed by atoms with Gasteiger partial charge in [0.25, 0.3) is 0 Å². The van der Waals surface area contributed by atoms with E-state index in [0.29, 0.717) is 6.54 Å². The summed E-state index contributed by atoms with van der Waals surface area (Å²) in [6, 6.07) is 0. The Bertz CT molecular complexity index is 343. The topological polar surface area (TPSA) is 53.4 Å². The smallest absolute Gasteiger partial charge is 0.308 e. The molecular weight excluding hydrogens is 280 g/mol. The van der Waals surface area contributed by atoms with Crippen molar-refractivity contribution in [2.75, 3.05) is 18.0 Å². The van der Waals surface area contributed by atoms with Crippen molar-refractivity contribution in [1.82, 2.24) is 4.98 Å². The molecule has 0 fully saturated rings. The van der Waals surface area contributed by atoms with Crippen LogP contribution in [-0.4, -0.2) is 29.1 Å². The van der Waals surface area contributed by atoms with E-state index in [0.717, 1.165) is 16.3 Å². The number of rotatable bonds is 5. The molecule has 0 radical (unpaired) electrons. The quantitative estimate of drug-likeness (QED) is 0.906. The van der Waals surface area contributed by atoms with E-state index in [4.69, 9.17) is 5.11 Å². The Morgan fingerprint density at radius 3 is 2.87 bits per heavy atom. The Hall–Kier alpha value is -0.620. The van der Waals surface area contributed by atoms with Crippen molar-refractivity contribution in [1.29, 1.82) is 0 Å². The molecule has 4 nitrogen and oxygen atoms in total. The highest BCUT2D eigenvalue weighted by atomic mass is 79.9. The first kappa shape index (κ1) is 12.4. The Balaban J connectivity index is 2.68. The highest BCUT2D eigenvalue weighted by molar-refractivity contribution is 9.10. The van der Waals surface area contributed by atoms with Crippen molar-refractivity contribution in [2.24, 2.45) is 5.92 Å². The fraction of sp³-hybridized carbons (Fsp3) is 0.556. The van der Waals surface area contributed by atoms with Crippen LogP contribution in [-0.2, 0) is 4.79 Å². The number of aromatic nitrogens is 1. The van der Waals surface area contributed by atoms with Crippen LogP contribution in [0.2, 0.25) is 0 Å². The van der Waals surface area contributed by atoms with Gasteiger partial charge in [-0.1, -0.05) is 6.92 Å². The molecule has 0 saturated heterocycles. The number of nitrogens with zero attached hydrogens (tertiary/aromatic N) is 2. The normalized spacial score (nSPS) is 12.5. The average Bonchev–Trinajstić information content (AvgIpc) is 2.60. The largest absolute Gasteiger partial charge is 0.481 e. The third kappa shape index (κ3) is 3.46. The monoisotopic (exact) mass is 292 g/mol. The number of hydrogen-bond acceptors (Lipinski definition) is 4. The zero-order valence-electron chi connectivity index (χ0n) is 8.61. The molecule has 0 amide bonds. The van der Waals surface area contributed by atoms with Gasteiger partial charge in [-0.05, 0) is 22.9 Å². The molecule has 6 heteroatoms.